The average molecular weight is 529 g/mol. The number of aliphatic carboxylic acids is 1. The molecule has 0 aliphatic carbocycles. The first-order valence-corrected chi connectivity index (χ1v) is 13.2. The third kappa shape index (κ3) is 4.05. The van der Waals surface area contributed by atoms with Gasteiger partial charge in [0.2, 0.25) is 11.8 Å². The van der Waals surface area contributed by atoms with Crippen LogP contribution in [0, 0.1) is 18.8 Å². The molecular formula is C34H28N2O4. The van der Waals surface area contributed by atoms with Gasteiger partial charge in [0.05, 0.1) is 17.5 Å². The van der Waals surface area contributed by atoms with Crippen molar-refractivity contribution in [2.75, 3.05) is 4.90 Å². The van der Waals surface area contributed by atoms with Crippen LogP contribution in [0.2, 0.25) is 0 Å². The fourth-order valence-electron chi connectivity index (χ4n) is 6.10. The Hall–Kier alpha value is -4.81. The van der Waals surface area contributed by atoms with Crippen molar-refractivity contribution in [3.63, 3.8) is 0 Å². The van der Waals surface area contributed by atoms with Crippen molar-refractivity contribution in [3.8, 4) is 0 Å². The van der Waals surface area contributed by atoms with Crippen LogP contribution in [-0.2, 0) is 19.9 Å². The van der Waals surface area contributed by atoms with Gasteiger partial charge in [0.15, 0.2) is 5.54 Å². The Labute approximate surface area is 232 Å². The lowest BCUT2D eigenvalue weighted by molar-refractivity contribution is -0.149. The molecule has 2 aliphatic rings. The molecule has 2 fully saturated rings. The maximum Gasteiger partial charge on any atom is 0.329 e. The Bertz CT molecular complexity index is 1620. The molecule has 2 heterocycles. The van der Waals surface area contributed by atoms with E-state index in [4.69, 9.17) is 0 Å². The van der Waals surface area contributed by atoms with E-state index in [2.05, 4.69) is 5.32 Å². The summed E-state index contributed by atoms with van der Waals surface area (Å²) in [6.45, 7) is 1.84. The highest BCUT2D eigenvalue weighted by Gasteiger charge is 2.69. The zero-order valence-corrected chi connectivity index (χ0v) is 21.9. The highest BCUT2D eigenvalue weighted by Crippen LogP contribution is 2.54. The second-order valence-corrected chi connectivity index (χ2v) is 10.3. The normalized spacial score (nSPS) is 24.0. The number of carbonyl (C=O) groups excluding carboxylic acids is 2. The van der Waals surface area contributed by atoms with E-state index < -0.39 is 41.2 Å². The van der Waals surface area contributed by atoms with Crippen molar-refractivity contribution in [1.82, 2.24) is 5.32 Å². The maximum absolute atomic E-state index is 14.1. The van der Waals surface area contributed by atoms with Gasteiger partial charge in [0.25, 0.3) is 0 Å². The predicted octanol–water partition coefficient (Wildman–Crippen LogP) is 5.60. The third-order valence-electron chi connectivity index (χ3n) is 8.05. The number of imide groups is 1. The Kier molecular flexibility index (Phi) is 6.40. The Morgan fingerprint density at radius 1 is 0.775 bits per heavy atom. The van der Waals surface area contributed by atoms with Crippen LogP contribution in [0.1, 0.15) is 33.9 Å². The van der Waals surface area contributed by atoms with E-state index >= 15 is 0 Å². The monoisotopic (exact) mass is 528 g/mol. The summed E-state index contributed by atoms with van der Waals surface area (Å²) in [5.74, 6) is -4.11. The molecule has 0 radical (unpaired) electrons. The van der Waals surface area contributed by atoms with E-state index in [0.717, 1.165) is 22.3 Å². The minimum Gasteiger partial charge on any atom is -0.480 e. The number of benzene rings is 4. The number of aryl methyl sites for hydroxylation is 1. The zero-order valence-electron chi connectivity index (χ0n) is 21.9. The lowest BCUT2D eigenvalue weighted by Crippen LogP contribution is -2.53. The standard InChI is InChI=1S/C34H28N2O4/c1-22-10-8-9-15-27(22)36-31(37)28-29(32(36)38)34(33(39)40,26-13-6-3-7-14-26)35-30(28)25-20-18-24(19-21-25)17-16-23-11-4-2-5-12-23/h2-21,28-30,35H,1H3,(H,39,40)/b17-16+. The maximum atomic E-state index is 14.1. The van der Waals surface area contributed by atoms with Crippen molar-refractivity contribution in [1.29, 1.82) is 0 Å². The number of carboxylic acids is 1. The number of anilines is 1. The summed E-state index contributed by atoms with van der Waals surface area (Å²) < 4.78 is 0. The van der Waals surface area contributed by atoms with Crippen molar-refractivity contribution >= 4 is 35.6 Å². The lowest BCUT2D eigenvalue weighted by Gasteiger charge is -2.32. The van der Waals surface area contributed by atoms with Gasteiger partial charge in [-0.2, -0.15) is 0 Å². The second-order valence-electron chi connectivity index (χ2n) is 10.3. The van der Waals surface area contributed by atoms with E-state index in [1.54, 1.807) is 42.5 Å². The van der Waals surface area contributed by atoms with Gasteiger partial charge in [-0.3, -0.25) is 14.9 Å². The SMILES string of the molecule is Cc1ccccc1N1C(=O)C2C(c3ccc(/C=C/c4ccccc4)cc3)NC(C(=O)O)(c3ccccc3)C2C1=O. The number of carboxylic acid groups (broad SMARTS) is 1. The van der Waals surface area contributed by atoms with Crippen molar-refractivity contribution in [2.45, 2.75) is 18.5 Å². The van der Waals surface area contributed by atoms with Crippen LogP contribution in [0.25, 0.3) is 12.2 Å². The number of carbonyl (C=O) groups is 3. The minimum atomic E-state index is -1.77. The topological polar surface area (TPSA) is 86.7 Å². The molecule has 0 saturated carbocycles. The summed E-state index contributed by atoms with van der Waals surface area (Å²) in [5.41, 5.74) is 2.71. The van der Waals surface area contributed by atoms with Gasteiger partial charge in [0, 0.05) is 6.04 Å². The largest absolute Gasteiger partial charge is 0.480 e. The third-order valence-corrected chi connectivity index (χ3v) is 8.05. The van der Waals surface area contributed by atoms with E-state index in [0.29, 0.717) is 11.3 Å². The molecular weight excluding hydrogens is 500 g/mol. The fourth-order valence-corrected chi connectivity index (χ4v) is 6.10. The Morgan fingerprint density at radius 3 is 1.98 bits per heavy atom. The van der Waals surface area contributed by atoms with Crippen LogP contribution in [0.15, 0.2) is 109 Å². The molecule has 0 bridgehead atoms. The molecule has 2 aliphatic heterocycles. The second kappa shape index (κ2) is 10.1. The van der Waals surface area contributed by atoms with E-state index in [-0.39, 0.29) is 0 Å². The van der Waals surface area contributed by atoms with Gasteiger partial charge in [-0.1, -0.05) is 115 Å². The van der Waals surface area contributed by atoms with Crippen molar-refractivity contribution < 1.29 is 19.5 Å². The molecule has 6 nitrogen and oxygen atoms in total. The molecule has 0 spiro atoms. The quantitative estimate of drug-likeness (QED) is 0.252. The number of para-hydroxylation sites is 1. The van der Waals surface area contributed by atoms with Crippen molar-refractivity contribution in [3.05, 3.63) is 137 Å². The van der Waals surface area contributed by atoms with Gasteiger partial charge in [-0.05, 0) is 40.8 Å². The summed E-state index contributed by atoms with van der Waals surface area (Å²) in [7, 11) is 0. The van der Waals surface area contributed by atoms with Gasteiger partial charge >= 0.3 is 5.97 Å². The highest BCUT2D eigenvalue weighted by atomic mass is 16.4. The number of rotatable bonds is 6. The molecule has 6 rings (SSSR count). The summed E-state index contributed by atoms with van der Waals surface area (Å²) in [6.07, 6.45) is 4.02. The first-order chi connectivity index (χ1) is 19.4. The number of hydrogen-bond donors (Lipinski definition) is 2. The lowest BCUT2D eigenvalue weighted by atomic mass is 9.75. The molecule has 198 valence electrons. The molecule has 40 heavy (non-hydrogen) atoms. The first-order valence-electron chi connectivity index (χ1n) is 13.2. The van der Waals surface area contributed by atoms with E-state index in [9.17, 15) is 19.5 Å². The molecule has 2 amide bonds. The molecule has 0 aromatic heterocycles. The molecule has 4 atom stereocenters. The van der Waals surface area contributed by atoms with E-state index in [1.165, 1.54) is 4.90 Å². The zero-order chi connectivity index (χ0) is 27.9. The number of hydrogen-bond acceptors (Lipinski definition) is 4. The molecule has 2 saturated heterocycles. The molecule has 4 aromatic rings. The van der Waals surface area contributed by atoms with Gasteiger partial charge in [-0.25, -0.2) is 9.69 Å². The highest BCUT2D eigenvalue weighted by molar-refractivity contribution is 6.24. The van der Waals surface area contributed by atoms with Gasteiger partial charge in [0.1, 0.15) is 0 Å². The smallest absolute Gasteiger partial charge is 0.329 e. The predicted molar refractivity (Wildman–Crippen MR) is 154 cm³/mol. The first kappa shape index (κ1) is 25.5. The molecule has 2 N–H and O–H groups in total. The summed E-state index contributed by atoms with van der Waals surface area (Å²) in [4.78, 5) is 42.5. The summed E-state index contributed by atoms with van der Waals surface area (Å²) >= 11 is 0. The Balaban J connectivity index is 1.44. The minimum absolute atomic E-state index is 0.395. The summed E-state index contributed by atoms with van der Waals surface area (Å²) in [6, 6.07) is 32.8. The van der Waals surface area contributed by atoms with Gasteiger partial charge in [-0.15, -0.1) is 0 Å². The van der Waals surface area contributed by atoms with Crippen LogP contribution in [0.5, 0.6) is 0 Å². The van der Waals surface area contributed by atoms with Crippen LogP contribution in [0.3, 0.4) is 0 Å². The van der Waals surface area contributed by atoms with Crippen LogP contribution < -0.4 is 10.2 Å². The van der Waals surface area contributed by atoms with Crippen LogP contribution in [0.4, 0.5) is 5.69 Å². The Morgan fingerprint density at radius 2 is 1.35 bits per heavy atom. The van der Waals surface area contributed by atoms with Crippen LogP contribution in [-0.4, -0.2) is 22.9 Å². The number of amides is 2. The fraction of sp³-hybridized carbons (Fsp3) is 0.147. The molecule has 6 heteroatoms. The van der Waals surface area contributed by atoms with Gasteiger partial charge < -0.3 is 5.11 Å². The molecule has 4 aromatic carbocycles. The number of nitrogens with one attached hydrogen (secondary N) is 1. The summed E-state index contributed by atoms with van der Waals surface area (Å²) in [5, 5.41) is 14.0. The van der Waals surface area contributed by atoms with E-state index in [1.807, 2.05) is 85.8 Å². The molecule has 4 unspecified atom stereocenters. The van der Waals surface area contributed by atoms with Crippen LogP contribution >= 0.6 is 0 Å². The number of nitrogens with zero attached hydrogens (tertiary/aromatic N) is 1. The van der Waals surface area contributed by atoms with Crippen molar-refractivity contribution in [2.24, 2.45) is 11.8 Å². The average Bonchev–Trinajstić information content (AvgIpc) is 3.48. The number of fused-ring (bicyclic) bond motifs is 1.